The molecule has 0 saturated heterocycles. The van der Waals surface area contributed by atoms with Gasteiger partial charge in [0.1, 0.15) is 0 Å². The van der Waals surface area contributed by atoms with Gasteiger partial charge in [0.05, 0.1) is 16.9 Å². The molecule has 0 amide bonds. The monoisotopic (exact) mass is 797 g/mol. The Labute approximate surface area is 295 Å². The van der Waals surface area contributed by atoms with Crippen molar-refractivity contribution in [3.63, 3.8) is 0 Å². The summed E-state index contributed by atoms with van der Waals surface area (Å²) in [5.41, 5.74) is 12.5. The summed E-state index contributed by atoms with van der Waals surface area (Å²) in [4.78, 5) is 18.6. The van der Waals surface area contributed by atoms with Gasteiger partial charge >= 0.3 is 0 Å². The van der Waals surface area contributed by atoms with Crippen LogP contribution in [0.4, 0.5) is 0 Å². The van der Waals surface area contributed by atoms with Crippen molar-refractivity contribution in [3.05, 3.63) is 169 Å². The third-order valence-electron chi connectivity index (χ3n) is 8.25. The average Bonchev–Trinajstić information content (AvgIpc) is 3.13. The Kier molecular flexibility index (Phi) is 9.91. The van der Waals surface area contributed by atoms with Crippen LogP contribution >= 0.6 is 0 Å². The van der Waals surface area contributed by atoms with Crippen molar-refractivity contribution in [1.29, 1.82) is 0 Å². The van der Waals surface area contributed by atoms with E-state index in [0.29, 0.717) is 0 Å². The number of hydrogen-bond acceptors (Lipinski definition) is 4. The molecule has 0 bridgehead atoms. The molecule has 48 heavy (non-hydrogen) atoms. The molecule has 8 rings (SSSR count). The molecule has 0 aliphatic heterocycles. The molecule has 0 saturated carbocycles. The van der Waals surface area contributed by atoms with E-state index < -0.39 is 0 Å². The summed E-state index contributed by atoms with van der Waals surface area (Å²) >= 11 is 0. The molecular formula is C43H32IrN4-2. The molecule has 0 N–H and O–H groups in total. The molecule has 4 nitrogen and oxygen atoms in total. The zero-order valence-electron chi connectivity index (χ0n) is 26.9. The van der Waals surface area contributed by atoms with E-state index in [-0.39, 0.29) is 20.1 Å². The van der Waals surface area contributed by atoms with E-state index in [4.69, 9.17) is 4.98 Å². The predicted molar refractivity (Wildman–Crippen MR) is 193 cm³/mol. The minimum Gasteiger partial charge on any atom is -0.305 e. The third-order valence-corrected chi connectivity index (χ3v) is 8.25. The van der Waals surface area contributed by atoms with Crippen LogP contribution in [0.3, 0.4) is 0 Å². The number of aryl methyl sites for hydroxylation is 3. The van der Waals surface area contributed by atoms with Crippen LogP contribution in [-0.2, 0) is 20.1 Å². The van der Waals surface area contributed by atoms with Crippen LogP contribution in [0.15, 0.2) is 140 Å². The van der Waals surface area contributed by atoms with Crippen LogP contribution in [0, 0.1) is 32.9 Å². The molecule has 0 atom stereocenters. The first-order valence-electron chi connectivity index (χ1n) is 15.6. The van der Waals surface area contributed by atoms with Gasteiger partial charge in [0.25, 0.3) is 0 Å². The standard InChI is InChI=1S/C32H24N3.C11H8N.Ir/c1-20-9-13-24-25-7-6-16-34-31(25)19-28(27(24)17-20)30-14-11-22(3)32(35-30)26-18-23(12-10-21(26)2)29-8-4-5-15-33-29;1-2-6-10(7-3-1)11-8-4-5-9-12-11;/h4-11,13-19H,1-3H3;1-6,8-9H;/q2*-1;. The maximum Gasteiger partial charge on any atom is 0.0716 e. The second kappa shape index (κ2) is 14.6. The summed E-state index contributed by atoms with van der Waals surface area (Å²) in [5, 5.41) is 3.55. The zero-order chi connectivity index (χ0) is 32.2. The summed E-state index contributed by atoms with van der Waals surface area (Å²) in [7, 11) is 0. The van der Waals surface area contributed by atoms with Crippen molar-refractivity contribution in [1.82, 2.24) is 19.9 Å². The smallest absolute Gasteiger partial charge is 0.0716 e. The second-order valence-corrected chi connectivity index (χ2v) is 11.6. The van der Waals surface area contributed by atoms with Crippen LogP contribution in [-0.4, -0.2) is 19.9 Å². The van der Waals surface area contributed by atoms with E-state index in [2.05, 4.69) is 96.4 Å². The Morgan fingerprint density at radius 2 is 1.25 bits per heavy atom. The Morgan fingerprint density at radius 3 is 1.98 bits per heavy atom. The van der Waals surface area contributed by atoms with Gasteiger partial charge in [-0.05, 0) is 71.9 Å². The Hall–Kier alpha value is -5.35. The number of nitrogens with zero attached hydrogens (tertiary/aromatic N) is 4. The van der Waals surface area contributed by atoms with Gasteiger partial charge in [-0.1, -0.05) is 72.6 Å². The Balaban J connectivity index is 0.000000260. The molecule has 4 aromatic heterocycles. The molecule has 4 aromatic carbocycles. The van der Waals surface area contributed by atoms with Crippen molar-refractivity contribution >= 4 is 21.7 Å². The summed E-state index contributed by atoms with van der Waals surface area (Å²) in [6.45, 7) is 6.36. The first-order valence-corrected chi connectivity index (χ1v) is 15.6. The van der Waals surface area contributed by atoms with E-state index in [1.54, 1.807) is 6.20 Å². The molecule has 235 valence electrons. The van der Waals surface area contributed by atoms with Crippen LogP contribution in [0.5, 0.6) is 0 Å². The van der Waals surface area contributed by atoms with Crippen molar-refractivity contribution in [2.75, 3.05) is 0 Å². The van der Waals surface area contributed by atoms with Gasteiger partial charge in [-0.15, -0.1) is 65.2 Å². The topological polar surface area (TPSA) is 51.6 Å². The van der Waals surface area contributed by atoms with Gasteiger partial charge in [-0.25, -0.2) is 4.98 Å². The summed E-state index contributed by atoms with van der Waals surface area (Å²) in [5.74, 6) is 0. The van der Waals surface area contributed by atoms with Crippen molar-refractivity contribution in [3.8, 4) is 45.0 Å². The third kappa shape index (κ3) is 6.84. The fraction of sp³-hybridized carbons (Fsp3) is 0.0698. The van der Waals surface area contributed by atoms with Gasteiger partial charge in [0.15, 0.2) is 0 Å². The SMILES string of the molecule is Cc1ccc2c(c1)c(-c1ccc(C)c(-c3cc(-c4ccccn4)[c-]cc3C)n1)cc1ncccc12.[Ir].[c-]1ccccc1-c1ccccn1. The van der Waals surface area contributed by atoms with E-state index in [1.807, 2.05) is 85.2 Å². The molecule has 0 aliphatic carbocycles. The first-order chi connectivity index (χ1) is 23.0. The largest absolute Gasteiger partial charge is 0.305 e. The van der Waals surface area contributed by atoms with Crippen LogP contribution in [0.2, 0.25) is 0 Å². The molecule has 0 fully saturated rings. The molecule has 0 spiro atoms. The van der Waals surface area contributed by atoms with Crippen LogP contribution in [0.25, 0.3) is 66.7 Å². The van der Waals surface area contributed by atoms with Gasteiger partial charge in [-0.3, -0.25) is 4.98 Å². The normalized spacial score (nSPS) is 10.6. The van der Waals surface area contributed by atoms with E-state index >= 15 is 0 Å². The van der Waals surface area contributed by atoms with Gasteiger partial charge in [0, 0.05) is 49.6 Å². The Bertz CT molecular complexity index is 2290. The molecule has 8 aromatic rings. The second-order valence-electron chi connectivity index (χ2n) is 11.6. The fourth-order valence-electron chi connectivity index (χ4n) is 5.82. The maximum absolute atomic E-state index is 5.23. The number of fused-ring (bicyclic) bond motifs is 3. The van der Waals surface area contributed by atoms with E-state index in [0.717, 1.165) is 67.1 Å². The van der Waals surface area contributed by atoms with E-state index in [9.17, 15) is 0 Å². The van der Waals surface area contributed by atoms with Crippen LogP contribution in [0.1, 0.15) is 16.7 Å². The molecule has 0 aliphatic rings. The summed E-state index contributed by atoms with van der Waals surface area (Å²) < 4.78 is 0. The zero-order valence-corrected chi connectivity index (χ0v) is 29.3. The fourth-order valence-corrected chi connectivity index (χ4v) is 5.82. The minimum atomic E-state index is 0. The first kappa shape index (κ1) is 32.6. The number of hydrogen-bond donors (Lipinski definition) is 0. The quantitative estimate of drug-likeness (QED) is 0.132. The number of aromatic nitrogens is 4. The number of rotatable bonds is 4. The summed E-state index contributed by atoms with van der Waals surface area (Å²) in [6, 6.07) is 47.5. The average molecular weight is 797 g/mol. The molecule has 5 heteroatoms. The number of pyridine rings is 4. The molecular weight excluding hydrogens is 765 g/mol. The predicted octanol–water partition coefficient (Wildman–Crippen LogP) is 10.5. The van der Waals surface area contributed by atoms with Gasteiger partial charge < -0.3 is 9.97 Å². The Morgan fingerprint density at radius 1 is 0.500 bits per heavy atom. The molecule has 4 heterocycles. The number of benzene rings is 4. The summed E-state index contributed by atoms with van der Waals surface area (Å²) in [6.07, 6.45) is 5.45. The van der Waals surface area contributed by atoms with Crippen molar-refractivity contribution < 1.29 is 20.1 Å². The van der Waals surface area contributed by atoms with Crippen molar-refractivity contribution in [2.45, 2.75) is 20.8 Å². The minimum absolute atomic E-state index is 0. The van der Waals surface area contributed by atoms with Gasteiger partial charge in [0.2, 0.25) is 0 Å². The molecule has 1 radical (unpaired) electrons. The van der Waals surface area contributed by atoms with Gasteiger partial charge in [-0.2, -0.15) is 0 Å². The molecule has 0 unspecified atom stereocenters. The van der Waals surface area contributed by atoms with E-state index in [1.165, 1.54) is 16.3 Å². The van der Waals surface area contributed by atoms with Crippen molar-refractivity contribution in [2.24, 2.45) is 0 Å². The maximum atomic E-state index is 5.23. The van der Waals surface area contributed by atoms with Crippen LogP contribution < -0.4 is 0 Å².